The first kappa shape index (κ1) is 13.9. The molecular weight excluding hydrogens is 240 g/mol. The first-order chi connectivity index (χ1) is 9.19. The molecule has 1 aromatic carbocycles. The highest BCUT2D eigenvalue weighted by molar-refractivity contribution is 5.86. The number of likely N-dealkylation sites (N-methyl/N-ethyl adjacent to an activating group) is 1. The summed E-state index contributed by atoms with van der Waals surface area (Å²) in [6, 6.07) is 7.67. The molecule has 1 atom stereocenters. The molecule has 104 valence electrons. The predicted octanol–water partition coefficient (Wildman–Crippen LogP) is 1.28. The number of benzene rings is 1. The molecule has 2 rings (SSSR count). The smallest absolute Gasteiger partial charge is 0.247 e. The summed E-state index contributed by atoms with van der Waals surface area (Å²) in [6.45, 7) is 3.53. The van der Waals surface area contributed by atoms with Gasteiger partial charge in [-0.15, -0.1) is 0 Å². The van der Waals surface area contributed by atoms with Crippen LogP contribution in [0.3, 0.4) is 0 Å². The van der Waals surface area contributed by atoms with Crippen LogP contribution in [0, 0.1) is 0 Å². The van der Waals surface area contributed by atoms with Crippen LogP contribution in [0.15, 0.2) is 24.3 Å². The summed E-state index contributed by atoms with van der Waals surface area (Å²) in [6.07, 6.45) is 1.85. The number of amides is 1. The summed E-state index contributed by atoms with van der Waals surface area (Å²) in [5.41, 5.74) is 2.30. The van der Waals surface area contributed by atoms with Crippen LogP contribution in [0.1, 0.15) is 18.9 Å². The number of carbonyl (C=O) groups is 1. The predicted molar refractivity (Wildman–Crippen MR) is 76.3 cm³/mol. The summed E-state index contributed by atoms with van der Waals surface area (Å²) in [7, 11) is 1.81. The van der Waals surface area contributed by atoms with E-state index in [0.29, 0.717) is 0 Å². The normalized spacial score (nSPS) is 20.6. The minimum Gasteiger partial charge on any atom is -0.394 e. The number of rotatable bonds is 3. The molecule has 1 N–H and O–H groups in total. The van der Waals surface area contributed by atoms with Gasteiger partial charge in [0.05, 0.1) is 6.61 Å². The number of anilines is 1. The monoisotopic (exact) mass is 262 g/mol. The van der Waals surface area contributed by atoms with Gasteiger partial charge >= 0.3 is 0 Å². The van der Waals surface area contributed by atoms with Crippen LogP contribution < -0.4 is 4.90 Å². The van der Waals surface area contributed by atoms with Gasteiger partial charge in [0.15, 0.2) is 0 Å². The number of aryl methyl sites for hydroxylation is 1. The number of aliphatic hydroxyl groups excluding tert-OH is 1. The molecule has 19 heavy (non-hydrogen) atoms. The lowest BCUT2D eigenvalue weighted by Gasteiger charge is -2.31. The Kier molecular flexibility index (Phi) is 4.43. The minimum atomic E-state index is -0.458. The summed E-state index contributed by atoms with van der Waals surface area (Å²) < 4.78 is 0. The standard InChI is InChI=1S/C15H22N2O2/c1-3-12-7-4-5-8-13(12)17-10-6-9-16(2)15(19)14(17)11-18/h4-5,7-8,14,18H,3,6,9-11H2,1-2H3. The van der Waals surface area contributed by atoms with Crippen molar-refractivity contribution in [1.29, 1.82) is 0 Å². The average molecular weight is 262 g/mol. The van der Waals surface area contributed by atoms with Crippen LogP contribution >= 0.6 is 0 Å². The van der Waals surface area contributed by atoms with E-state index in [4.69, 9.17) is 0 Å². The van der Waals surface area contributed by atoms with Crippen molar-refractivity contribution in [1.82, 2.24) is 4.90 Å². The van der Waals surface area contributed by atoms with Crippen molar-refractivity contribution >= 4 is 11.6 Å². The number of hydrogen-bond acceptors (Lipinski definition) is 3. The summed E-state index contributed by atoms with van der Waals surface area (Å²) >= 11 is 0. The Labute approximate surface area is 114 Å². The van der Waals surface area contributed by atoms with E-state index in [1.165, 1.54) is 5.56 Å². The number of nitrogens with zero attached hydrogens (tertiary/aromatic N) is 2. The van der Waals surface area contributed by atoms with Crippen molar-refractivity contribution in [2.45, 2.75) is 25.8 Å². The highest BCUT2D eigenvalue weighted by Gasteiger charge is 2.31. The van der Waals surface area contributed by atoms with E-state index < -0.39 is 6.04 Å². The molecule has 1 unspecified atom stereocenters. The fraction of sp³-hybridized carbons (Fsp3) is 0.533. The molecule has 1 aliphatic rings. The Morgan fingerprint density at radius 3 is 2.74 bits per heavy atom. The van der Waals surface area contributed by atoms with Crippen LogP contribution in [-0.2, 0) is 11.2 Å². The van der Waals surface area contributed by atoms with Gasteiger partial charge in [-0.05, 0) is 24.5 Å². The molecule has 1 saturated heterocycles. The second kappa shape index (κ2) is 6.06. The number of aliphatic hydroxyl groups is 1. The van der Waals surface area contributed by atoms with Crippen LogP contribution in [0.25, 0.3) is 0 Å². The SMILES string of the molecule is CCc1ccccc1N1CCCN(C)C(=O)C1CO. The van der Waals surface area contributed by atoms with E-state index in [0.717, 1.165) is 31.6 Å². The highest BCUT2D eigenvalue weighted by Crippen LogP contribution is 2.25. The van der Waals surface area contributed by atoms with Crippen LogP contribution in [0.4, 0.5) is 5.69 Å². The number of hydrogen-bond donors (Lipinski definition) is 1. The molecule has 0 aromatic heterocycles. The molecule has 4 heteroatoms. The molecule has 0 saturated carbocycles. The van der Waals surface area contributed by atoms with E-state index in [1.807, 2.05) is 18.2 Å². The van der Waals surface area contributed by atoms with Gasteiger partial charge in [0.1, 0.15) is 6.04 Å². The van der Waals surface area contributed by atoms with Gasteiger partial charge in [-0.1, -0.05) is 25.1 Å². The Balaban J connectivity index is 2.37. The fourth-order valence-corrected chi connectivity index (χ4v) is 2.69. The van der Waals surface area contributed by atoms with Gasteiger partial charge in [0.2, 0.25) is 5.91 Å². The van der Waals surface area contributed by atoms with Crippen molar-refractivity contribution < 1.29 is 9.90 Å². The van der Waals surface area contributed by atoms with Gasteiger partial charge in [0.25, 0.3) is 0 Å². The summed E-state index contributed by atoms with van der Waals surface area (Å²) in [4.78, 5) is 16.1. The Morgan fingerprint density at radius 2 is 2.05 bits per heavy atom. The zero-order chi connectivity index (χ0) is 13.8. The van der Waals surface area contributed by atoms with Gasteiger partial charge in [-0.3, -0.25) is 4.79 Å². The second-order valence-corrected chi connectivity index (χ2v) is 4.99. The molecule has 1 aliphatic heterocycles. The molecule has 0 radical (unpaired) electrons. The van der Waals surface area contributed by atoms with E-state index in [9.17, 15) is 9.90 Å². The minimum absolute atomic E-state index is 0.00547. The van der Waals surface area contributed by atoms with Crippen LogP contribution in [-0.4, -0.2) is 48.7 Å². The lowest BCUT2D eigenvalue weighted by Crippen LogP contribution is -2.47. The third kappa shape index (κ3) is 2.73. The molecule has 1 amide bonds. The molecule has 0 bridgehead atoms. The van der Waals surface area contributed by atoms with Crippen molar-refractivity contribution in [3.8, 4) is 0 Å². The lowest BCUT2D eigenvalue weighted by atomic mass is 10.1. The van der Waals surface area contributed by atoms with Gasteiger partial charge in [-0.2, -0.15) is 0 Å². The summed E-state index contributed by atoms with van der Waals surface area (Å²) in [5.74, 6) is 0.00547. The van der Waals surface area contributed by atoms with Crippen LogP contribution in [0.2, 0.25) is 0 Å². The van der Waals surface area contributed by atoms with Gasteiger partial charge in [0, 0.05) is 25.8 Å². The number of para-hydroxylation sites is 1. The van der Waals surface area contributed by atoms with E-state index >= 15 is 0 Å². The molecule has 1 fully saturated rings. The van der Waals surface area contributed by atoms with E-state index in [2.05, 4.69) is 17.9 Å². The first-order valence-corrected chi connectivity index (χ1v) is 6.89. The van der Waals surface area contributed by atoms with Crippen molar-refractivity contribution in [3.63, 3.8) is 0 Å². The maximum atomic E-state index is 12.3. The average Bonchev–Trinajstić information content (AvgIpc) is 2.58. The molecule has 1 aromatic rings. The first-order valence-electron chi connectivity index (χ1n) is 6.89. The largest absolute Gasteiger partial charge is 0.394 e. The lowest BCUT2D eigenvalue weighted by molar-refractivity contribution is -0.131. The van der Waals surface area contributed by atoms with Gasteiger partial charge < -0.3 is 14.9 Å². The fourth-order valence-electron chi connectivity index (χ4n) is 2.69. The van der Waals surface area contributed by atoms with E-state index in [1.54, 1.807) is 11.9 Å². The zero-order valence-electron chi connectivity index (χ0n) is 11.7. The van der Waals surface area contributed by atoms with Crippen molar-refractivity contribution in [2.24, 2.45) is 0 Å². The third-order valence-corrected chi connectivity index (χ3v) is 3.78. The van der Waals surface area contributed by atoms with Crippen molar-refractivity contribution in [2.75, 3.05) is 31.6 Å². The molecule has 4 nitrogen and oxygen atoms in total. The van der Waals surface area contributed by atoms with Gasteiger partial charge in [-0.25, -0.2) is 0 Å². The maximum absolute atomic E-state index is 12.3. The molecular formula is C15H22N2O2. The third-order valence-electron chi connectivity index (χ3n) is 3.78. The van der Waals surface area contributed by atoms with E-state index in [-0.39, 0.29) is 12.5 Å². The highest BCUT2D eigenvalue weighted by atomic mass is 16.3. The second-order valence-electron chi connectivity index (χ2n) is 4.99. The van der Waals surface area contributed by atoms with Crippen LogP contribution in [0.5, 0.6) is 0 Å². The molecule has 1 heterocycles. The Hall–Kier alpha value is -1.55. The Morgan fingerprint density at radius 1 is 1.32 bits per heavy atom. The van der Waals surface area contributed by atoms with Crippen molar-refractivity contribution in [3.05, 3.63) is 29.8 Å². The topological polar surface area (TPSA) is 43.8 Å². The maximum Gasteiger partial charge on any atom is 0.247 e. The zero-order valence-corrected chi connectivity index (χ0v) is 11.7. The molecule has 0 aliphatic carbocycles. The number of carbonyl (C=O) groups excluding carboxylic acids is 1. The molecule has 0 spiro atoms. The Bertz CT molecular complexity index is 448. The quantitative estimate of drug-likeness (QED) is 0.892. The summed E-state index contributed by atoms with van der Waals surface area (Å²) in [5, 5.41) is 9.61.